The molecule has 1 saturated heterocycles. The molecule has 0 bridgehead atoms. The summed E-state index contributed by atoms with van der Waals surface area (Å²) >= 11 is 0. The molecular formula is C13H18FNO2. The molecule has 1 fully saturated rings. The Morgan fingerprint density at radius 2 is 2.41 bits per heavy atom. The highest BCUT2D eigenvalue weighted by Crippen LogP contribution is 2.15. The molecule has 2 N–H and O–H groups in total. The van der Waals surface area contributed by atoms with Crippen LogP contribution >= 0.6 is 0 Å². The van der Waals surface area contributed by atoms with Crippen molar-refractivity contribution in [2.75, 3.05) is 26.4 Å². The Balaban J connectivity index is 1.74. The molecule has 2 rings (SSSR count). The number of benzene rings is 1. The van der Waals surface area contributed by atoms with E-state index in [-0.39, 0.29) is 11.9 Å². The van der Waals surface area contributed by atoms with E-state index < -0.39 is 0 Å². The zero-order valence-corrected chi connectivity index (χ0v) is 9.77. The van der Waals surface area contributed by atoms with Crippen LogP contribution in [0.15, 0.2) is 24.3 Å². The highest BCUT2D eigenvalue weighted by Gasteiger charge is 2.16. The summed E-state index contributed by atoms with van der Waals surface area (Å²) in [5, 5.41) is 0. The van der Waals surface area contributed by atoms with E-state index in [2.05, 4.69) is 0 Å². The van der Waals surface area contributed by atoms with E-state index in [0.717, 1.165) is 25.2 Å². The first-order valence-electron chi connectivity index (χ1n) is 5.92. The first-order chi connectivity index (χ1) is 8.25. The van der Waals surface area contributed by atoms with Crippen LogP contribution in [-0.2, 0) is 9.47 Å². The third-order valence-electron chi connectivity index (χ3n) is 2.95. The fourth-order valence-corrected chi connectivity index (χ4v) is 1.91. The zero-order chi connectivity index (χ0) is 12.1. The number of rotatable bonds is 5. The van der Waals surface area contributed by atoms with Crippen molar-refractivity contribution in [2.45, 2.75) is 12.5 Å². The molecule has 0 aromatic heterocycles. The summed E-state index contributed by atoms with van der Waals surface area (Å²) in [5.41, 5.74) is 6.70. The third kappa shape index (κ3) is 3.77. The molecule has 4 heteroatoms. The van der Waals surface area contributed by atoms with E-state index in [0.29, 0.717) is 19.1 Å². The zero-order valence-electron chi connectivity index (χ0n) is 9.77. The minimum absolute atomic E-state index is 0.262. The smallest absolute Gasteiger partial charge is 0.123 e. The number of ether oxygens (including phenoxy) is 2. The second kappa shape index (κ2) is 6.10. The lowest BCUT2D eigenvalue weighted by molar-refractivity contribution is 0.0808. The quantitative estimate of drug-likeness (QED) is 0.853. The summed E-state index contributed by atoms with van der Waals surface area (Å²) in [6, 6.07) is 6.07. The molecule has 2 unspecified atom stereocenters. The van der Waals surface area contributed by atoms with E-state index in [9.17, 15) is 4.39 Å². The number of hydrogen-bond acceptors (Lipinski definition) is 3. The molecule has 0 aliphatic carbocycles. The second-order valence-electron chi connectivity index (χ2n) is 4.43. The van der Waals surface area contributed by atoms with Crippen molar-refractivity contribution >= 4 is 0 Å². The van der Waals surface area contributed by atoms with Crippen molar-refractivity contribution in [1.82, 2.24) is 0 Å². The molecular weight excluding hydrogens is 221 g/mol. The maximum absolute atomic E-state index is 13.0. The lowest BCUT2D eigenvalue weighted by atomic mass is 10.1. The Hall–Kier alpha value is -0.970. The van der Waals surface area contributed by atoms with Gasteiger partial charge in [0, 0.05) is 12.5 Å². The first kappa shape index (κ1) is 12.5. The van der Waals surface area contributed by atoms with Crippen molar-refractivity contribution < 1.29 is 13.9 Å². The van der Waals surface area contributed by atoms with Crippen molar-refractivity contribution in [3.05, 3.63) is 35.6 Å². The predicted molar refractivity (Wildman–Crippen MR) is 63.1 cm³/mol. The maximum atomic E-state index is 13.0. The molecule has 0 amide bonds. The fourth-order valence-electron chi connectivity index (χ4n) is 1.91. The summed E-state index contributed by atoms with van der Waals surface area (Å²) in [4.78, 5) is 0. The van der Waals surface area contributed by atoms with Crippen LogP contribution in [-0.4, -0.2) is 26.4 Å². The third-order valence-corrected chi connectivity index (χ3v) is 2.95. The Bertz CT molecular complexity index is 353. The molecule has 17 heavy (non-hydrogen) atoms. The minimum atomic E-state index is -0.270. The Morgan fingerprint density at radius 3 is 3.12 bits per heavy atom. The first-order valence-corrected chi connectivity index (χ1v) is 5.92. The van der Waals surface area contributed by atoms with Gasteiger partial charge in [-0.1, -0.05) is 12.1 Å². The lowest BCUT2D eigenvalue weighted by Crippen LogP contribution is -2.20. The largest absolute Gasteiger partial charge is 0.381 e. The van der Waals surface area contributed by atoms with Gasteiger partial charge in [-0.25, -0.2) is 4.39 Å². The number of halogens is 1. The minimum Gasteiger partial charge on any atom is -0.381 e. The molecule has 2 atom stereocenters. The molecule has 1 aromatic rings. The van der Waals surface area contributed by atoms with E-state index in [1.165, 1.54) is 12.1 Å². The van der Waals surface area contributed by atoms with Gasteiger partial charge in [0.1, 0.15) is 5.82 Å². The van der Waals surface area contributed by atoms with Gasteiger partial charge in [-0.05, 0) is 24.1 Å². The molecule has 1 aliphatic rings. The van der Waals surface area contributed by atoms with Crippen LogP contribution in [0.5, 0.6) is 0 Å². The van der Waals surface area contributed by atoms with Crippen LogP contribution in [0, 0.1) is 11.7 Å². The molecule has 0 radical (unpaired) electrons. The van der Waals surface area contributed by atoms with E-state index >= 15 is 0 Å². The van der Waals surface area contributed by atoms with Crippen LogP contribution in [0.25, 0.3) is 0 Å². The number of hydrogen-bond donors (Lipinski definition) is 1. The summed E-state index contributed by atoms with van der Waals surface area (Å²) in [7, 11) is 0. The van der Waals surface area contributed by atoms with Crippen LogP contribution in [0.1, 0.15) is 18.0 Å². The van der Waals surface area contributed by atoms with Crippen LogP contribution in [0.4, 0.5) is 4.39 Å². The van der Waals surface area contributed by atoms with Gasteiger partial charge in [-0.15, -0.1) is 0 Å². The molecule has 1 aromatic carbocycles. The predicted octanol–water partition coefficient (Wildman–Crippen LogP) is 1.88. The van der Waals surface area contributed by atoms with Gasteiger partial charge < -0.3 is 15.2 Å². The molecule has 3 nitrogen and oxygen atoms in total. The monoisotopic (exact) mass is 239 g/mol. The molecule has 1 heterocycles. The topological polar surface area (TPSA) is 44.5 Å². The summed E-state index contributed by atoms with van der Waals surface area (Å²) in [6.45, 7) is 2.68. The summed E-state index contributed by atoms with van der Waals surface area (Å²) in [6.07, 6.45) is 1.05. The van der Waals surface area contributed by atoms with Gasteiger partial charge >= 0.3 is 0 Å². The number of nitrogens with two attached hydrogens (primary N) is 1. The molecule has 0 spiro atoms. The second-order valence-corrected chi connectivity index (χ2v) is 4.43. The molecule has 1 aliphatic heterocycles. The van der Waals surface area contributed by atoms with E-state index in [1.54, 1.807) is 6.07 Å². The highest BCUT2D eigenvalue weighted by molar-refractivity contribution is 5.19. The Labute approximate surface area is 101 Å². The average molecular weight is 239 g/mol. The molecule has 94 valence electrons. The summed E-state index contributed by atoms with van der Waals surface area (Å²) in [5.74, 6) is 0.219. The standard InChI is InChI=1S/C13H18FNO2/c14-12-3-1-2-11(6-12)13(15)9-17-8-10-4-5-16-7-10/h1-3,6,10,13H,4-5,7-9,15H2. The van der Waals surface area contributed by atoms with Gasteiger partial charge in [0.15, 0.2) is 0 Å². The summed E-state index contributed by atoms with van der Waals surface area (Å²) < 4.78 is 23.8. The van der Waals surface area contributed by atoms with Crippen LogP contribution in [0.2, 0.25) is 0 Å². The normalized spacial score (nSPS) is 21.6. The average Bonchev–Trinajstić information content (AvgIpc) is 2.82. The highest BCUT2D eigenvalue weighted by atomic mass is 19.1. The van der Waals surface area contributed by atoms with Gasteiger partial charge in [0.2, 0.25) is 0 Å². The van der Waals surface area contributed by atoms with Gasteiger partial charge in [0.05, 0.1) is 25.9 Å². The van der Waals surface area contributed by atoms with Crippen molar-refractivity contribution in [2.24, 2.45) is 11.7 Å². The Kier molecular flexibility index (Phi) is 4.48. The van der Waals surface area contributed by atoms with E-state index in [4.69, 9.17) is 15.2 Å². The Morgan fingerprint density at radius 1 is 1.53 bits per heavy atom. The van der Waals surface area contributed by atoms with Crippen LogP contribution in [0.3, 0.4) is 0 Å². The van der Waals surface area contributed by atoms with Crippen molar-refractivity contribution in [3.8, 4) is 0 Å². The molecule has 0 saturated carbocycles. The fraction of sp³-hybridized carbons (Fsp3) is 0.538. The lowest BCUT2D eigenvalue weighted by Gasteiger charge is -2.14. The van der Waals surface area contributed by atoms with Crippen LogP contribution < -0.4 is 5.73 Å². The van der Waals surface area contributed by atoms with Crippen molar-refractivity contribution in [1.29, 1.82) is 0 Å². The van der Waals surface area contributed by atoms with Gasteiger partial charge in [-0.2, -0.15) is 0 Å². The SMILES string of the molecule is NC(COCC1CCOC1)c1cccc(F)c1. The maximum Gasteiger partial charge on any atom is 0.123 e. The van der Waals surface area contributed by atoms with Crippen molar-refractivity contribution in [3.63, 3.8) is 0 Å². The van der Waals surface area contributed by atoms with Gasteiger partial charge in [-0.3, -0.25) is 0 Å². The van der Waals surface area contributed by atoms with E-state index in [1.807, 2.05) is 6.07 Å². The van der Waals surface area contributed by atoms with Gasteiger partial charge in [0.25, 0.3) is 0 Å².